The van der Waals surface area contributed by atoms with Crippen molar-refractivity contribution in [1.82, 2.24) is 4.90 Å². The van der Waals surface area contributed by atoms with Gasteiger partial charge in [0.05, 0.1) is 6.54 Å². The molecule has 1 rings (SSSR count). The summed E-state index contributed by atoms with van der Waals surface area (Å²) < 4.78 is 25.9. The Labute approximate surface area is 72.7 Å². The Hall–Kier alpha value is -0.180. The lowest BCUT2D eigenvalue weighted by Gasteiger charge is -2.41. The molecule has 1 aliphatic rings. The predicted octanol–water partition coefficient (Wildman–Crippen LogP) is 2.52. The summed E-state index contributed by atoms with van der Waals surface area (Å²) in [5.74, 6) is -2.47. The number of halogens is 2. The number of hydrogen-bond acceptors (Lipinski definition) is 1. The SMILES string of the molecule is CC(C)(C)N1CCCC(F)(F)C1. The minimum atomic E-state index is -2.47. The van der Waals surface area contributed by atoms with E-state index in [0.29, 0.717) is 6.42 Å². The van der Waals surface area contributed by atoms with Crippen LogP contribution in [0.15, 0.2) is 0 Å². The first-order chi connectivity index (χ1) is 5.31. The Kier molecular flexibility index (Phi) is 2.43. The summed E-state index contributed by atoms with van der Waals surface area (Å²) in [6.45, 7) is 6.67. The van der Waals surface area contributed by atoms with E-state index in [9.17, 15) is 8.78 Å². The number of alkyl halides is 2. The molecule has 12 heavy (non-hydrogen) atoms. The summed E-state index contributed by atoms with van der Waals surface area (Å²) in [7, 11) is 0. The van der Waals surface area contributed by atoms with Crippen LogP contribution in [0.1, 0.15) is 33.6 Å². The van der Waals surface area contributed by atoms with Gasteiger partial charge >= 0.3 is 0 Å². The molecule has 0 amide bonds. The number of piperidine rings is 1. The number of hydrogen-bond donors (Lipinski definition) is 0. The van der Waals surface area contributed by atoms with Crippen molar-refractivity contribution in [3.63, 3.8) is 0 Å². The summed E-state index contributed by atoms with van der Waals surface area (Å²) in [4.78, 5) is 1.86. The first kappa shape index (κ1) is 9.90. The molecule has 1 nitrogen and oxygen atoms in total. The van der Waals surface area contributed by atoms with Crippen LogP contribution in [0.3, 0.4) is 0 Å². The smallest absolute Gasteiger partial charge is 0.260 e. The van der Waals surface area contributed by atoms with Gasteiger partial charge in [-0.25, -0.2) is 8.78 Å². The van der Waals surface area contributed by atoms with Crippen LogP contribution < -0.4 is 0 Å². The molecule has 1 fully saturated rings. The molecule has 3 heteroatoms. The van der Waals surface area contributed by atoms with Crippen LogP contribution >= 0.6 is 0 Å². The molecular weight excluding hydrogens is 160 g/mol. The van der Waals surface area contributed by atoms with Gasteiger partial charge in [0.1, 0.15) is 0 Å². The fraction of sp³-hybridized carbons (Fsp3) is 1.00. The molecule has 1 heterocycles. The maximum atomic E-state index is 12.9. The molecule has 0 saturated carbocycles. The molecule has 0 radical (unpaired) electrons. The highest BCUT2D eigenvalue weighted by Gasteiger charge is 2.38. The van der Waals surface area contributed by atoms with Gasteiger partial charge in [0, 0.05) is 12.0 Å². The molecule has 72 valence electrons. The average Bonchev–Trinajstić information content (AvgIpc) is 1.83. The van der Waals surface area contributed by atoms with Crippen LogP contribution in [-0.4, -0.2) is 29.5 Å². The minimum absolute atomic E-state index is 0.0551. The van der Waals surface area contributed by atoms with Gasteiger partial charge in [-0.1, -0.05) is 0 Å². The van der Waals surface area contributed by atoms with E-state index in [4.69, 9.17) is 0 Å². The van der Waals surface area contributed by atoms with Gasteiger partial charge in [-0.05, 0) is 33.7 Å². The van der Waals surface area contributed by atoms with Crippen molar-refractivity contribution in [1.29, 1.82) is 0 Å². The van der Waals surface area contributed by atoms with Crippen molar-refractivity contribution in [2.24, 2.45) is 0 Å². The largest absolute Gasteiger partial charge is 0.293 e. The molecule has 0 bridgehead atoms. The Bertz CT molecular complexity index is 157. The molecule has 0 aromatic heterocycles. The van der Waals surface area contributed by atoms with E-state index in [1.165, 1.54) is 0 Å². The predicted molar refractivity (Wildman–Crippen MR) is 45.5 cm³/mol. The van der Waals surface area contributed by atoms with Gasteiger partial charge in [0.25, 0.3) is 5.92 Å². The third kappa shape index (κ3) is 2.41. The first-order valence-corrected chi connectivity index (χ1v) is 4.44. The van der Waals surface area contributed by atoms with Crippen molar-refractivity contribution < 1.29 is 8.78 Å². The lowest BCUT2D eigenvalue weighted by atomic mass is 9.99. The van der Waals surface area contributed by atoms with Gasteiger partial charge in [0.2, 0.25) is 0 Å². The average molecular weight is 177 g/mol. The van der Waals surface area contributed by atoms with E-state index in [2.05, 4.69) is 0 Å². The second kappa shape index (κ2) is 2.95. The quantitative estimate of drug-likeness (QED) is 0.549. The van der Waals surface area contributed by atoms with Crippen LogP contribution in [0.2, 0.25) is 0 Å². The maximum Gasteiger partial charge on any atom is 0.260 e. The molecule has 0 atom stereocenters. The zero-order chi connectivity index (χ0) is 9.41. The molecule has 0 unspecified atom stereocenters. The molecule has 0 spiro atoms. The highest BCUT2D eigenvalue weighted by Crippen LogP contribution is 2.30. The maximum absolute atomic E-state index is 12.9. The summed E-state index contributed by atoms with van der Waals surface area (Å²) in [5.41, 5.74) is -0.121. The fourth-order valence-electron chi connectivity index (χ4n) is 1.54. The van der Waals surface area contributed by atoms with Crippen LogP contribution in [-0.2, 0) is 0 Å². The summed E-state index contributed by atoms with van der Waals surface area (Å²) >= 11 is 0. The minimum Gasteiger partial charge on any atom is -0.293 e. The molecule has 1 saturated heterocycles. The fourth-order valence-corrected chi connectivity index (χ4v) is 1.54. The molecular formula is C9H17F2N. The summed E-state index contributed by atoms with van der Waals surface area (Å²) in [5, 5.41) is 0. The van der Waals surface area contributed by atoms with Gasteiger partial charge in [-0.3, -0.25) is 4.90 Å². The zero-order valence-corrected chi connectivity index (χ0v) is 8.03. The van der Waals surface area contributed by atoms with Crippen LogP contribution in [0.4, 0.5) is 8.78 Å². The van der Waals surface area contributed by atoms with E-state index >= 15 is 0 Å². The second-order valence-electron chi connectivity index (χ2n) is 4.55. The van der Waals surface area contributed by atoms with Crippen LogP contribution in [0.5, 0.6) is 0 Å². The van der Waals surface area contributed by atoms with Crippen molar-refractivity contribution in [3.8, 4) is 0 Å². The number of nitrogens with zero attached hydrogens (tertiary/aromatic N) is 1. The molecule has 1 aliphatic heterocycles. The highest BCUT2D eigenvalue weighted by molar-refractivity contribution is 4.85. The lowest BCUT2D eigenvalue weighted by Crippen LogP contribution is -2.51. The standard InChI is InChI=1S/C9H17F2N/c1-8(2,3)12-6-4-5-9(10,11)7-12/h4-7H2,1-3H3. The second-order valence-corrected chi connectivity index (χ2v) is 4.55. The van der Waals surface area contributed by atoms with Gasteiger partial charge in [-0.15, -0.1) is 0 Å². The van der Waals surface area contributed by atoms with Gasteiger partial charge in [0.15, 0.2) is 0 Å². The first-order valence-electron chi connectivity index (χ1n) is 4.44. The normalized spacial score (nSPS) is 25.8. The lowest BCUT2D eigenvalue weighted by molar-refractivity contribution is -0.0861. The Balaban J connectivity index is 2.58. The highest BCUT2D eigenvalue weighted by atomic mass is 19.3. The molecule has 0 aliphatic carbocycles. The summed E-state index contributed by atoms with van der Waals surface area (Å²) in [6, 6.07) is 0. The van der Waals surface area contributed by atoms with Crippen molar-refractivity contribution in [3.05, 3.63) is 0 Å². The number of rotatable bonds is 0. The third-order valence-electron chi connectivity index (χ3n) is 2.34. The summed E-state index contributed by atoms with van der Waals surface area (Å²) in [6.07, 6.45) is 0.670. The van der Waals surface area contributed by atoms with Crippen molar-refractivity contribution >= 4 is 0 Å². The molecule has 0 N–H and O–H groups in total. The van der Waals surface area contributed by atoms with E-state index in [0.717, 1.165) is 6.54 Å². The Morgan fingerprint density at radius 1 is 1.25 bits per heavy atom. The molecule has 0 aromatic carbocycles. The third-order valence-corrected chi connectivity index (χ3v) is 2.34. The van der Waals surface area contributed by atoms with Gasteiger partial charge in [-0.2, -0.15) is 0 Å². The van der Waals surface area contributed by atoms with E-state index in [1.807, 2.05) is 25.7 Å². The zero-order valence-electron chi connectivity index (χ0n) is 8.03. The Morgan fingerprint density at radius 2 is 1.83 bits per heavy atom. The topological polar surface area (TPSA) is 3.24 Å². The van der Waals surface area contributed by atoms with Crippen LogP contribution in [0, 0.1) is 0 Å². The Morgan fingerprint density at radius 3 is 2.17 bits per heavy atom. The monoisotopic (exact) mass is 177 g/mol. The van der Waals surface area contributed by atoms with Crippen molar-refractivity contribution in [2.45, 2.75) is 45.1 Å². The van der Waals surface area contributed by atoms with Crippen molar-refractivity contribution in [2.75, 3.05) is 13.1 Å². The van der Waals surface area contributed by atoms with Gasteiger partial charge < -0.3 is 0 Å². The van der Waals surface area contributed by atoms with E-state index in [1.54, 1.807) is 0 Å². The van der Waals surface area contributed by atoms with Crippen LogP contribution in [0.25, 0.3) is 0 Å². The van der Waals surface area contributed by atoms with E-state index in [-0.39, 0.29) is 18.5 Å². The van der Waals surface area contributed by atoms with E-state index < -0.39 is 5.92 Å². The number of likely N-dealkylation sites (tertiary alicyclic amines) is 1. The molecule has 0 aromatic rings.